The first-order valence-electron chi connectivity index (χ1n) is 6.41. The van der Waals surface area contributed by atoms with Gasteiger partial charge in [-0.2, -0.15) is 0 Å². The van der Waals surface area contributed by atoms with E-state index >= 15 is 0 Å². The molecule has 0 amide bonds. The summed E-state index contributed by atoms with van der Waals surface area (Å²) in [4.78, 5) is 20.5. The predicted molar refractivity (Wildman–Crippen MR) is 69.4 cm³/mol. The second kappa shape index (κ2) is 6.28. The number of aliphatic imine (C=N–C) groups is 1. The van der Waals surface area contributed by atoms with E-state index in [4.69, 9.17) is 4.74 Å². The van der Waals surface area contributed by atoms with Crippen LogP contribution in [0.3, 0.4) is 0 Å². The molecule has 1 saturated carbocycles. The molecule has 0 aromatic carbocycles. The van der Waals surface area contributed by atoms with E-state index in [0.717, 1.165) is 30.7 Å². The Kier molecular flexibility index (Phi) is 4.45. The molecule has 1 heterocycles. The zero-order valence-electron chi connectivity index (χ0n) is 10.6. The Bertz CT molecular complexity index is 429. The second-order valence-electron chi connectivity index (χ2n) is 4.33. The average Bonchev–Trinajstić information content (AvgIpc) is 2.86. The summed E-state index contributed by atoms with van der Waals surface area (Å²) in [6.07, 6.45) is 4.54. The Balaban J connectivity index is 2.00. The van der Waals surface area contributed by atoms with Gasteiger partial charge in [0.05, 0.1) is 24.8 Å². The summed E-state index contributed by atoms with van der Waals surface area (Å²) < 4.78 is 5.07. The second-order valence-corrected chi connectivity index (χ2v) is 4.33. The van der Waals surface area contributed by atoms with Crippen LogP contribution in [0.2, 0.25) is 0 Å². The number of ether oxygens (including phenoxy) is 1. The van der Waals surface area contributed by atoms with Gasteiger partial charge in [0.2, 0.25) is 0 Å². The van der Waals surface area contributed by atoms with Crippen molar-refractivity contribution in [2.75, 3.05) is 6.61 Å². The molecule has 1 unspecified atom stereocenters. The zero-order chi connectivity index (χ0) is 12.8. The van der Waals surface area contributed by atoms with Gasteiger partial charge in [-0.1, -0.05) is 6.07 Å². The lowest BCUT2D eigenvalue weighted by molar-refractivity contribution is -0.145. The maximum atomic E-state index is 11.7. The van der Waals surface area contributed by atoms with E-state index < -0.39 is 0 Å². The highest BCUT2D eigenvalue weighted by Gasteiger charge is 2.30. The number of aromatic nitrogens is 1. The normalized spacial score (nSPS) is 21.2. The first kappa shape index (κ1) is 12.7. The first-order chi connectivity index (χ1) is 8.81. The average molecular weight is 246 g/mol. The molecule has 4 nitrogen and oxygen atoms in total. The van der Waals surface area contributed by atoms with Crippen LogP contribution in [0, 0.1) is 5.92 Å². The molecule has 0 N–H and O–H groups in total. The van der Waals surface area contributed by atoms with Crippen LogP contribution >= 0.6 is 0 Å². The summed E-state index contributed by atoms with van der Waals surface area (Å²) in [6, 6.07) is 5.77. The Hall–Kier alpha value is -1.71. The van der Waals surface area contributed by atoms with Gasteiger partial charge < -0.3 is 4.74 Å². The van der Waals surface area contributed by atoms with Crippen LogP contribution < -0.4 is 0 Å². The molecule has 1 aliphatic rings. The number of hydrogen-bond acceptors (Lipinski definition) is 4. The van der Waals surface area contributed by atoms with Gasteiger partial charge in [0.1, 0.15) is 0 Å². The molecule has 1 fully saturated rings. The van der Waals surface area contributed by atoms with Crippen molar-refractivity contribution < 1.29 is 9.53 Å². The van der Waals surface area contributed by atoms with Crippen molar-refractivity contribution in [2.45, 2.75) is 32.7 Å². The van der Waals surface area contributed by atoms with Crippen molar-refractivity contribution in [1.82, 2.24) is 4.98 Å². The summed E-state index contributed by atoms with van der Waals surface area (Å²) >= 11 is 0. The number of hydrogen-bond donors (Lipinski definition) is 0. The molecular weight excluding hydrogens is 228 g/mol. The summed E-state index contributed by atoms with van der Waals surface area (Å²) in [7, 11) is 0. The lowest BCUT2D eigenvalue weighted by atomic mass is 10.1. The third kappa shape index (κ3) is 3.15. The smallest absolute Gasteiger partial charge is 0.314 e. The molecule has 1 aromatic heterocycles. The van der Waals surface area contributed by atoms with Crippen molar-refractivity contribution in [3.05, 3.63) is 30.1 Å². The monoisotopic (exact) mass is 246 g/mol. The van der Waals surface area contributed by atoms with E-state index in [1.54, 1.807) is 6.20 Å². The van der Waals surface area contributed by atoms with Crippen LogP contribution in [0.25, 0.3) is 0 Å². The fourth-order valence-electron chi connectivity index (χ4n) is 2.19. The van der Waals surface area contributed by atoms with E-state index in [0.29, 0.717) is 13.2 Å². The van der Waals surface area contributed by atoms with Crippen LogP contribution in [-0.4, -0.2) is 23.3 Å². The third-order valence-electron chi connectivity index (χ3n) is 3.07. The van der Waals surface area contributed by atoms with Gasteiger partial charge in [-0.3, -0.25) is 14.8 Å². The quantitative estimate of drug-likeness (QED) is 0.766. The number of rotatable bonds is 4. The minimum absolute atomic E-state index is 0.130. The molecule has 96 valence electrons. The number of nitrogens with zero attached hydrogens (tertiary/aromatic N) is 2. The Labute approximate surface area is 107 Å². The zero-order valence-corrected chi connectivity index (χ0v) is 10.6. The minimum Gasteiger partial charge on any atom is -0.465 e. The fraction of sp³-hybridized carbons (Fsp3) is 0.500. The maximum absolute atomic E-state index is 11.7. The highest BCUT2D eigenvalue weighted by Crippen LogP contribution is 2.24. The first-order valence-corrected chi connectivity index (χ1v) is 6.41. The molecule has 2 rings (SSSR count). The van der Waals surface area contributed by atoms with Crippen molar-refractivity contribution in [2.24, 2.45) is 10.9 Å². The van der Waals surface area contributed by atoms with Gasteiger partial charge >= 0.3 is 5.97 Å². The lowest BCUT2D eigenvalue weighted by Gasteiger charge is -2.09. The summed E-state index contributed by atoms with van der Waals surface area (Å²) in [6.45, 7) is 2.81. The fourth-order valence-corrected chi connectivity index (χ4v) is 2.19. The molecule has 0 bridgehead atoms. The van der Waals surface area contributed by atoms with Crippen LogP contribution in [0.4, 0.5) is 0 Å². The van der Waals surface area contributed by atoms with Crippen molar-refractivity contribution in [1.29, 1.82) is 0 Å². The standard InChI is InChI=1S/C14H18N2O2/c1-2-18-14(17)12-7-5-8-13(12)16-10-11-6-3-4-9-15-11/h3-4,6,9,12H,2,5,7-8,10H2,1H3. The molecule has 1 atom stereocenters. The highest BCUT2D eigenvalue weighted by atomic mass is 16.5. The van der Waals surface area contributed by atoms with Crippen molar-refractivity contribution >= 4 is 11.7 Å². The van der Waals surface area contributed by atoms with E-state index in [9.17, 15) is 4.79 Å². The summed E-state index contributed by atoms with van der Waals surface area (Å²) in [5, 5.41) is 0. The van der Waals surface area contributed by atoms with E-state index in [1.807, 2.05) is 25.1 Å². The SMILES string of the molecule is CCOC(=O)C1CCCC1=NCc1ccccn1. The molecule has 0 radical (unpaired) electrons. The number of carbonyl (C=O) groups is 1. The molecule has 1 aliphatic carbocycles. The topological polar surface area (TPSA) is 51.5 Å². The van der Waals surface area contributed by atoms with E-state index in [2.05, 4.69) is 9.98 Å². The lowest BCUT2D eigenvalue weighted by Crippen LogP contribution is -2.21. The molecule has 0 spiro atoms. The maximum Gasteiger partial charge on any atom is 0.314 e. The summed E-state index contributed by atoms with van der Waals surface area (Å²) in [5.41, 5.74) is 1.90. The van der Waals surface area contributed by atoms with E-state index in [1.165, 1.54) is 0 Å². The minimum atomic E-state index is -0.131. The van der Waals surface area contributed by atoms with Gasteiger partial charge in [-0.15, -0.1) is 0 Å². The highest BCUT2D eigenvalue weighted by molar-refractivity contribution is 6.03. The third-order valence-corrected chi connectivity index (χ3v) is 3.07. The summed E-state index contributed by atoms with van der Waals surface area (Å²) in [5.74, 6) is -0.261. The molecule has 0 aliphatic heterocycles. The Morgan fingerprint density at radius 1 is 1.56 bits per heavy atom. The van der Waals surface area contributed by atoms with Gasteiger partial charge in [-0.25, -0.2) is 0 Å². The van der Waals surface area contributed by atoms with Crippen LogP contribution in [0.1, 0.15) is 31.9 Å². The van der Waals surface area contributed by atoms with Gasteiger partial charge in [0.15, 0.2) is 0 Å². The molecule has 18 heavy (non-hydrogen) atoms. The van der Waals surface area contributed by atoms with Gasteiger partial charge in [-0.05, 0) is 38.3 Å². The molecule has 1 aromatic rings. The number of esters is 1. The number of carbonyl (C=O) groups excluding carboxylic acids is 1. The van der Waals surface area contributed by atoms with Gasteiger partial charge in [0.25, 0.3) is 0 Å². The van der Waals surface area contributed by atoms with Crippen molar-refractivity contribution in [3.63, 3.8) is 0 Å². The van der Waals surface area contributed by atoms with Crippen LogP contribution in [-0.2, 0) is 16.1 Å². The van der Waals surface area contributed by atoms with Crippen molar-refractivity contribution in [3.8, 4) is 0 Å². The Morgan fingerprint density at radius 3 is 3.17 bits per heavy atom. The van der Waals surface area contributed by atoms with Crippen LogP contribution in [0.5, 0.6) is 0 Å². The Morgan fingerprint density at radius 2 is 2.44 bits per heavy atom. The van der Waals surface area contributed by atoms with E-state index in [-0.39, 0.29) is 11.9 Å². The van der Waals surface area contributed by atoms with Crippen LogP contribution in [0.15, 0.2) is 29.4 Å². The molecular formula is C14H18N2O2. The number of pyridine rings is 1. The molecule has 4 heteroatoms. The van der Waals surface area contributed by atoms with Gasteiger partial charge in [0, 0.05) is 11.9 Å². The predicted octanol–water partition coefficient (Wildman–Crippen LogP) is 2.39. The molecule has 0 saturated heterocycles. The largest absolute Gasteiger partial charge is 0.465 e.